The Labute approximate surface area is 66.8 Å². The van der Waals surface area contributed by atoms with Crippen LogP contribution in [-0.2, 0) is 0 Å². The van der Waals surface area contributed by atoms with Gasteiger partial charge in [-0.2, -0.15) is 0 Å². The van der Waals surface area contributed by atoms with Gasteiger partial charge in [0.05, 0.1) is 10.2 Å². The van der Waals surface area contributed by atoms with E-state index in [-0.39, 0.29) is 11.4 Å². The van der Waals surface area contributed by atoms with Gasteiger partial charge in [0.2, 0.25) is 0 Å². The maximum absolute atomic E-state index is 9.10. The van der Waals surface area contributed by atoms with Gasteiger partial charge in [-0.3, -0.25) is 0 Å². The predicted molar refractivity (Wildman–Crippen MR) is 44.6 cm³/mol. The van der Waals surface area contributed by atoms with Gasteiger partial charge in [-0.05, 0) is 28.1 Å². The van der Waals surface area contributed by atoms with Gasteiger partial charge < -0.3 is 16.6 Å². The lowest BCUT2D eigenvalue weighted by molar-refractivity contribution is 0.475. The first-order valence-electron chi connectivity index (χ1n) is 2.64. The molecule has 0 bridgehead atoms. The van der Waals surface area contributed by atoms with Crippen LogP contribution < -0.4 is 11.5 Å². The third-order valence-corrected chi connectivity index (χ3v) is 1.72. The molecule has 1 aromatic rings. The zero-order chi connectivity index (χ0) is 7.72. The van der Waals surface area contributed by atoms with Crippen LogP contribution in [0.15, 0.2) is 16.6 Å². The van der Waals surface area contributed by atoms with Crippen LogP contribution in [0.3, 0.4) is 0 Å². The molecule has 0 spiro atoms. The number of nitrogen functional groups attached to an aromatic ring is 2. The van der Waals surface area contributed by atoms with Crippen LogP contribution in [0.2, 0.25) is 0 Å². The minimum Gasteiger partial charge on any atom is -0.505 e. The molecule has 0 aliphatic heterocycles. The molecule has 0 unspecified atom stereocenters. The first-order valence-corrected chi connectivity index (χ1v) is 3.44. The highest BCUT2D eigenvalue weighted by atomic mass is 79.9. The van der Waals surface area contributed by atoms with Crippen molar-refractivity contribution in [1.82, 2.24) is 0 Å². The van der Waals surface area contributed by atoms with Crippen LogP contribution in [0.25, 0.3) is 0 Å². The van der Waals surface area contributed by atoms with E-state index in [4.69, 9.17) is 16.6 Å². The smallest absolute Gasteiger partial charge is 0.152 e. The first kappa shape index (κ1) is 7.21. The number of hydrogen-bond donors (Lipinski definition) is 3. The standard InChI is InChI=1S/C6H7BrN2O/c7-4-1-3(8)2-5(9)6(4)10/h1-2,10H,8-9H2. The number of rotatable bonds is 0. The lowest BCUT2D eigenvalue weighted by Crippen LogP contribution is -1.90. The van der Waals surface area contributed by atoms with E-state index in [1.54, 1.807) is 6.07 Å². The predicted octanol–water partition coefficient (Wildman–Crippen LogP) is 1.32. The molecule has 0 amide bonds. The summed E-state index contributed by atoms with van der Waals surface area (Å²) in [6, 6.07) is 3.09. The van der Waals surface area contributed by atoms with Crippen LogP contribution in [-0.4, -0.2) is 5.11 Å². The van der Waals surface area contributed by atoms with E-state index in [2.05, 4.69) is 15.9 Å². The van der Waals surface area contributed by atoms with Gasteiger partial charge >= 0.3 is 0 Å². The molecule has 10 heavy (non-hydrogen) atoms. The second-order valence-corrected chi connectivity index (χ2v) is 2.79. The normalized spacial score (nSPS) is 9.70. The maximum atomic E-state index is 9.10. The van der Waals surface area contributed by atoms with Crippen LogP contribution in [0.5, 0.6) is 5.75 Å². The molecule has 0 saturated carbocycles. The Balaban J connectivity index is 3.31. The topological polar surface area (TPSA) is 72.3 Å². The minimum atomic E-state index is 0.0363. The van der Waals surface area contributed by atoms with E-state index in [0.717, 1.165) is 0 Å². The number of hydrogen-bond acceptors (Lipinski definition) is 3. The van der Waals surface area contributed by atoms with E-state index in [1.165, 1.54) is 6.07 Å². The van der Waals surface area contributed by atoms with Crippen molar-refractivity contribution in [1.29, 1.82) is 0 Å². The molecule has 0 aliphatic rings. The van der Waals surface area contributed by atoms with E-state index >= 15 is 0 Å². The molecule has 1 aromatic carbocycles. The number of halogens is 1. The fraction of sp³-hybridized carbons (Fsp3) is 0. The highest BCUT2D eigenvalue weighted by Crippen LogP contribution is 2.31. The van der Waals surface area contributed by atoms with Crippen LogP contribution in [0.4, 0.5) is 11.4 Å². The molecule has 0 radical (unpaired) electrons. The van der Waals surface area contributed by atoms with Crippen molar-refractivity contribution in [2.24, 2.45) is 0 Å². The molecule has 0 heterocycles. The van der Waals surface area contributed by atoms with Gasteiger partial charge in [-0.1, -0.05) is 0 Å². The zero-order valence-corrected chi connectivity index (χ0v) is 6.72. The molecule has 5 N–H and O–H groups in total. The summed E-state index contributed by atoms with van der Waals surface area (Å²) >= 11 is 3.09. The van der Waals surface area contributed by atoms with Gasteiger partial charge in [0.25, 0.3) is 0 Å². The second kappa shape index (κ2) is 2.38. The van der Waals surface area contributed by atoms with Crippen molar-refractivity contribution in [3.8, 4) is 5.75 Å². The Hall–Kier alpha value is -0.900. The summed E-state index contributed by atoms with van der Waals surface area (Å²) in [4.78, 5) is 0. The number of benzene rings is 1. The van der Waals surface area contributed by atoms with E-state index < -0.39 is 0 Å². The average molecular weight is 203 g/mol. The Bertz CT molecular complexity index is 239. The number of anilines is 2. The lowest BCUT2D eigenvalue weighted by Gasteiger charge is -2.01. The van der Waals surface area contributed by atoms with Crippen molar-refractivity contribution in [2.75, 3.05) is 11.5 Å². The molecular weight excluding hydrogens is 196 g/mol. The number of phenols is 1. The Morgan fingerprint density at radius 3 is 2.40 bits per heavy atom. The second-order valence-electron chi connectivity index (χ2n) is 1.94. The number of aromatic hydroxyl groups is 1. The number of nitrogens with two attached hydrogens (primary N) is 2. The van der Waals surface area contributed by atoms with Crippen molar-refractivity contribution in [3.63, 3.8) is 0 Å². The van der Waals surface area contributed by atoms with E-state index in [9.17, 15) is 0 Å². The Morgan fingerprint density at radius 1 is 1.30 bits per heavy atom. The monoisotopic (exact) mass is 202 g/mol. The quantitative estimate of drug-likeness (QED) is 0.338. The molecular formula is C6H7BrN2O. The summed E-state index contributed by atoms with van der Waals surface area (Å²) in [7, 11) is 0. The fourth-order valence-corrected chi connectivity index (χ4v) is 1.14. The SMILES string of the molecule is Nc1cc(N)c(O)c(Br)c1. The molecule has 54 valence electrons. The lowest BCUT2D eigenvalue weighted by atomic mass is 10.3. The summed E-state index contributed by atoms with van der Waals surface area (Å²) in [6.07, 6.45) is 0. The van der Waals surface area contributed by atoms with Gasteiger partial charge in [0, 0.05) is 5.69 Å². The van der Waals surface area contributed by atoms with E-state index in [0.29, 0.717) is 10.2 Å². The van der Waals surface area contributed by atoms with Crippen LogP contribution >= 0.6 is 15.9 Å². The molecule has 0 fully saturated rings. The molecule has 0 atom stereocenters. The van der Waals surface area contributed by atoms with Gasteiger partial charge in [0.1, 0.15) is 0 Å². The molecule has 0 aromatic heterocycles. The molecule has 0 aliphatic carbocycles. The minimum absolute atomic E-state index is 0.0363. The van der Waals surface area contributed by atoms with E-state index in [1.807, 2.05) is 0 Å². The molecule has 4 heteroatoms. The Kier molecular flexibility index (Phi) is 1.72. The van der Waals surface area contributed by atoms with Crippen molar-refractivity contribution in [3.05, 3.63) is 16.6 Å². The van der Waals surface area contributed by atoms with Crippen LogP contribution in [0.1, 0.15) is 0 Å². The highest BCUT2D eigenvalue weighted by molar-refractivity contribution is 9.10. The Morgan fingerprint density at radius 2 is 1.90 bits per heavy atom. The van der Waals surface area contributed by atoms with Gasteiger partial charge in [-0.25, -0.2) is 0 Å². The van der Waals surface area contributed by atoms with Crippen molar-refractivity contribution in [2.45, 2.75) is 0 Å². The van der Waals surface area contributed by atoms with Crippen LogP contribution in [0, 0.1) is 0 Å². The average Bonchev–Trinajstić information content (AvgIpc) is 1.82. The largest absolute Gasteiger partial charge is 0.505 e. The summed E-state index contributed by atoms with van der Waals surface area (Å²) in [5.74, 6) is 0.0363. The maximum Gasteiger partial charge on any atom is 0.152 e. The number of phenolic OH excluding ortho intramolecular Hbond substituents is 1. The van der Waals surface area contributed by atoms with Crippen molar-refractivity contribution < 1.29 is 5.11 Å². The van der Waals surface area contributed by atoms with Gasteiger partial charge in [0.15, 0.2) is 5.75 Å². The van der Waals surface area contributed by atoms with Crippen molar-refractivity contribution >= 4 is 27.3 Å². The summed E-state index contributed by atoms with van der Waals surface area (Å²) in [5.41, 5.74) is 11.6. The molecule has 1 rings (SSSR count). The first-order chi connectivity index (χ1) is 4.61. The zero-order valence-electron chi connectivity index (χ0n) is 5.13. The third kappa shape index (κ3) is 1.16. The molecule has 0 saturated heterocycles. The molecule has 3 nitrogen and oxygen atoms in total. The third-order valence-electron chi connectivity index (χ3n) is 1.12. The fourth-order valence-electron chi connectivity index (χ4n) is 0.642. The highest BCUT2D eigenvalue weighted by Gasteiger charge is 2.01. The van der Waals surface area contributed by atoms with Gasteiger partial charge in [-0.15, -0.1) is 0 Å². The summed E-state index contributed by atoms with van der Waals surface area (Å²) in [6.45, 7) is 0. The summed E-state index contributed by atoms with van der Waals surface area (Å²) < 4.78 is 0.519. The summed E-state index contributed by atoms with van der Waals surface area (Å²) in [5, 5.41) is 9.10.